The van der Waals surface area contributed by atoms with Gasteiger partial charge in [0.15, 0.2) is 0 Å². The molecule has 132 valence electrons. The molecule has 3 amide bonds. The number of nitrogens with two attached hydrogens (primary N) is 2. The monoisotopic (exact) mass is 359 g/mol. The van der Waals surface area contributed by atoms with Gasteiger partial charge in [0.1, 0.15) is 6.04 Å². The lowest BCUT2D eigenvalue weighted by atomic mass is 10.0. The van der Waals surface area contributed by atoms with Crippen molar-refractivity contribution in [3.63, 3.8) is 0 Å². The normalized spacial score (nSPS) is 12.0. The molecule has 0 spiro atoms. The molecule has 0 radical (unpaired) electrons. The fourth-order valence-corrected chi connectivity index (χ4v) is 3.26. The summed E-state index contributed by atoms with van der Waals surface area (Å²) in [5.41, 5.74) is 12.6. The molecule has 25 heavy (non-hydrogen) atoms. The highest BCUT2D eigenvalue weighted by atomic mass is 32.1. The largest absolute Gasteiger partial charge is 0.368 e. The van der Waals surface area contributed by atoms with Crippen molar-refractivity contribution in [2.45, 2.75) is 26.3 Å². The molecule has 1 aromatic heterocycles. The van der Waals surface area contributed by atoms with Crippen LogP contribution >= 0.6 is 11.3 Å². The summed E-state index contributed by atoms with van der Waals surface area (Å²) >= 11 is 1.28. The fourth-order valence-electron chi connectivity index (χ4n) is 2.49. The molecule has 0 bridgehead atoms. The minimum absolute atomic E-state index is 0.228. The Morgan fingerprint density at radius 1 is 1.08 bits per heavy atom. The van der Waals surface area contributed by atoms with Gasteiger partial charge in [-0.2, -0.15) is 0 Å². The molecule has 1 aromatic carbocycles. The van der Waals surface area contributed by atoms with Crippen molar-refractivity contribution in [1.29, 1.82) is 0 Å². The molecule has 2 rings (SSSR count). The van der Waals surface area contributed by atoms with Gasteiger partial charge >= 0.3 is 0 Å². The molecule has 0 fully saturated rings. The zero-order valence-corrected chi connectivity index (χ0v) is 14.9. The average molecular weight is 359 g/mol. The molecular formula is C18H21N3O3S. The summed E-state index contributed by atoms with van der Waals surface area (Å²) in [6.45, 7) is 3.90. The van der Waals surface area contributed by atoms with Crippen LogP contribution in [0.25, 0.3) is 11.1 Å². The van der Waals surface area contributed by atoms with E-state index >= 15 is 0 Å². The second-order valence-electron chi connectivity index (χ2n) is 6.16. The van der Waals surface area contributed by atoms with Gasteiger partial charge < -0.3 is 16.8 Å². The Hall–Kier alpha value is -2.67. The van der Waals surface area contributed by atoms with Crippen molar-refractivity contribution in [2.24, 2.45) is 17.4 Å². The Balaban J connectivity index is 2.16. The Morgan fingerprint density at radius 2 is 1.72 bits per heavy atom. The molecule has 0 saturated heterocycles. The summed E-state index contributed by atoms with van der Waals surface area (Å²) in [7, 11) is 0. The van der Waals surface area contributed by atoms with E-state index in [1.54, 1.807) is 29.6 Å². The molecule has 0 saturated carbocycles. The van der Waals surface area contributed by atoms with Crippen LogP contribution in [0, 0.1) is 5.92 Å². The average Bonchev–Trinajstić information content (AvgIpc) is 3.03. The second-order valence-corrected chi connectivity index (χ2v) is 7.08. The van der Waals surface area contributed by atoms with E-state index in [9.17, 15) is 14.4 Å². The molecule has 7 heteroatoms. The third-order valence-electron chi connectivity index (χ3n) is 3.70. The van der Waals surface area contributed by atoms with Crippen molar-refractivity contribution in [2.75, 3.05) is 0 Å². The highest BCUT2D eigenvalue weighted by Gasteiger charge is 2.20. The smallest absolute Gasteiger partial charge is 0.259 e. The molecule has 0 unspecified atom stereocenters. The topological polar surface area (TPSA) is 115 Å². The van der Waals surface area contributed by atoms with Gasteiger partial charge in [0.25, 0.3) is 11.8 Å². The predicted octanol–water partition coefficient (Wildman–Crippen LogP) is 2.14. The lowest BCUT2D eigenvalue weighted by Crippen LogP contribution is -2.45. The van der Waals surface area contributed by atoms with Gasteiger partial charge in [-0.25, -0.2) is 0 Å². The highest BCUT2D eigenvalue weighted by Crippen LogP contribution is 2.28. The van der Waals surface area contributed by atoms with Crippen molar-refractivity contribution in [1.82, 2.24) is 5.32 Å². The minimum atomic E-state index is -0.703. The van der Waals surface area contributed by atoms with Gasteiger partial charge in [0, 0.05) is 11.1 Å². The number of rotatable bonds is 7. The number of hydrogen-bond donors (Lipinski definition) is 3. The maximum atomic E-state index is 12.3. The van der Waals surface area contributed by atoms with E-state index in [-0.39, 0.29) is 11.8 Å². The van der Waals surface area contributed by atoms with E-state index in [1.807, 2.05) is 19.9 Å². The Labute approximate surface area is 150 Å². The Morgan fingerprint density at radius 3 is 2.24 bits per heavy atom. The summed E-state index contributed by atoms with van der Waals surface area (Å²) in [5, 5.41) is 4.45. The first-order chi connectivity index (χ1) is 11.8. The van der Waals surface area contributed by atoms with Gasteiger partial charge in [-0.1, -0.05) is 26.0 Å². The standard InChI is InChI=1S/C18H21N3O3S/c1-10(2)9-14(16(19)22)21-18(24)12-5-3-11(4-6-12)13-7-8-25-15(13)17(20)23/h3-8,10,14H,9H2,1-2H3,(H2,19,22)(H2,20,23)(H,21,24)/t14-/m0/s1. The first-order valence-corrected chi connectivity index (χ1v) is 8.75. The molecule has 0 aliphatic heterocycles. The van der Waals surface area contributed by atoms with Gasteiger partial charge in [-0.15, -0.1) is 11.3 Å². The van der Waals surface area contributed by atoms with Crippen molar-refractivity contribution >= 4 is 29.1 Å². The first-order valence-electron chi connectivity index (χ1n) is 7.87. The number of carbonyl (C=O) groups excluding carboxylic acids is 3. The van der Waals surface area contributed by atoms with Crippen LogP contribution in [0.5, 0.6) is 0 Å². The lowest BCUT2D eigenvalue weighted by Gasteiger charge is -2.17. The van der Waals surface area contributed by atoms with Crippen molar-refractivity contribution in [3.05, 3.63) is 46.2 Å². The van der Waals surface area contributed by atoms with Crippen LogP contribution in [0.4, 0.5) is 0 Å². The van der Waals surface area contributed by atoms with Crippen LogP contribution in [-0.2, 0) is 4.79 Å². The molecule has 1 heterocycles. The number of thiophene rings is 1. The lowest BCUT2D eigenvalue weighted by molar-refractivity contribution is -0.120. The number of nitrogens with one attached hydrogen (secondary N) is 1. The number of hydrogen-bond acceptors (Lipinski definition) is 4. The highest BCUT2D eigenvalue weighted by molar-refractivity contribution is 7.12. The number of carbonyl (C=O) groups is 3. The maximum Gasteiger partial charge on any atom is 0.259 e. The fraction of sp³-hybridized carbons (Fsp3) is 0.278. The van der Waals surface area contributed by atoms with Crippen LogP contribution in [0.3, 0.4) is 0 Å². The molecule has 0 aliphatic carbocycles. The number of benzene rings is 1. The summed E-state index contributed by atoms with van der Waals surface area (Å²) in [6.07, 6.45) is 0.482. The zero-order chi connectivity index (χ0) is 18.6. The molecule has 0 aliphatic rings. The quantitative estimate of drug-likeness (QED) is 0.703. The zero-order valence-electron chi connectivity index (χ0n) is 14.1. The van der Waals surface area contributed by atoms with E-state index in [2.05, 4.69) is 5.32 Å². The van der Waals surface area contributed by atoms with Gasteiger partial charge in [-0.3, -0.25) is 14.4 Å². The third kappa shape index (κ3) is 4.67. The summed E-state index contributed by atoms with van der Waals surface area (Å²) in [6, 6.07) is 7.87. The first kappa shape index (κ1) is 18.7. The van der Waals surface area contributed by atoms with Crippen LogP contribution in [0.15, 0.2) is 35.7 Å². The third-order valence-corrected chi connectivity index (χ3v) is 4.63. The SMILES string of the molecule is CC(C)C[C@H](NC(=O)c1ccc(-c2ccsc2C(N)=O)cc1)C(N)=O. The summed E-state index contributed by atoms with van der Waals surface area (Å²) in [4.78, 5) is 35.7. The second kappa shape index (κ2) is 7.94. The molecular weight excluding hydrogens is 338 g/mol. The molecule has 6 nitrogen and oxygen atoms in total. The van der Waals surface area contributed by atoms with Crippen LogP contribution in [0.1, 0.15) is 40.3 Å². The van der Waals surface area contributed by atoms with Crippen LogP contribution < -0.4 is 16.8 Å². The van der Waals surface area contributed by atoms with Crippen molar-refractivity contribution < 1.29 is 14.4 Å². The number of amides is 3. The van der Waals surface area contributed by atoms with Gasteiger partial charge in [0.2, 0.25) is 5.91 Å². The Kier molecular flexibility index (Phi) is 5.93. The minimum Gasteiger partial charge on any atom is -0.368 e. The molecule has 2 aromatic rings. The van der Waals surface area contributed by atoms with Crippen LogP contribution in [-0.4, -0.2) is 23.8 Å². The van der Waals surface area contributed by atoms with Gasteiger partial charge in [-0.05, 0) is 41.5 Å². The van der Waals surface area contributed by atoms with E-state index in [1.165, 1.54) is 11.3 Å². The van der Waals surface area contributed by atoms with E-state index in [0.29, 0.717) is 16.9 Å². The van der Waals surface area contributed by atoms with Crippen molar-refractivity contribution in [3.8, 4) is 11.1 Å². The van der Waals surface area contributed by atoms with E-state index in [0.717, 1.165) is 11.1 Å². The molecule has 5 N–H and O–H groups in total. The summed E-state index contributed by atoms with van der Waals surface area (Å²) in [5.74, 6) is -1.17. The predicted molar refractivity (Wildman–Crippen MR) is 98.2 cm³/mol. The summed E-state index contributed by atoms with van der Waals surface area (Å²) < 4.78 is 0. The van der Waals surface area contributed by atoms with Crippen LogP contribution in [0.2, 0.25) is 0 Å². The van der Waals surface area contributed by atoms with E-state index < -0.39 is 17.9 Å². The molecule has 1 atom stereocenters. The van der Waals surface area contributed by atoms with Gasteiger partial charge in [0.05, 0.1) is 4.88 Å². The Bertz CT molecular complexity index is 781. The van der Waals surface area contributed by atoms with E-state index in [4.69, 9.17) is 11.5 Å². The maximum absolute atomic E-state index is 12.3. The number of primary amides is 2.